The van der Waals surface area contributed by atoms with E-state index < -0.39 is 0 Å². The first-order chi connectivity index (χ1) is 9.15. The summed E-state index contributed by atoms with van der Waals surface area (Å²) < 4.78 is 7.26. The summed E-state index contributed by atoms with van der Waals surface area (Å²) in [4.78, 5) is 12.5. The molecule has 0 spiro atoms. The highest BCUT2D eigenvalue weighted by molar-refractivity contribution is 9.10. The van der Waals surface area contributed by atoms with Gasteiger partial charge in [0.05, 0.1) is 28.8 Å². The van der Waals surface area contributed by atoms with Gasteiger partial charge < -0.3 is 4.74 Å². The summed E-state index contributed by atoms with van der Waals surface area (Å²) in [6.45, 7) is 0.991. The average Bonchev–Trinajstić information content (AvgIpc) is 2.77. The number of benzene rings is 1. The Labute approximate surface area is 124 Å². The maximum atomic E-state index is 12.5. The maximum Gasteiger partial charge on any atom is 0.213 e. The molecule has 0 amide bonds. The van der Waals surface area contributed by atoms with Crippen molar-refractivity contribution in [3.8, 4) is 0 Å². The number of hydrogen-bond donors (Lipinski definition) is 0. The monoisotopic (exact) mass is 342 g/mol. The summed E-state index contributed by atoms with van der Waals surface area (Å²) in [6, 6.07) is 6.96. The molecule has 4 nitrogen and oxygen atoms in total. The van der Waals surface area contributed by atoms with Crippen LogP contribution >= 0.6 is 27.5 Å². The molecule has 1 heterocycles. The van der Waals surface area contributed by atoms with Gasteiger partial charge in [-0.3, -0.25) is 9.48 Å². The summed E-state index contributed by atoms with van der Waals surface area (Å²) in [6.07, 6.45) is 1.60. The molecule has 0 saturated heterocycles. The number of halogens is 2. The van der Waals surface area contributed by atoms with Gasteiger partial charge in [0, 0.05) is 12.7 Å². The molecule has 2 aromatic rings. The van der Waals surface area contributed by atoms with Gasteiger partial charge in [-0.25, -0.2) is 0 Å². The van der Waals surface area contributed by atoms with Crippen LogP contribution in [0.5, 0.6) is 0 Å². The van der Waals surface area contributed by atoms with Crippen LogP contribution in [0, 0.1) is 0 Å². The fraction of sp³-hybridized carbons (Fsp3) is 0.231. The minimum absolute atomic E-state index is 0.161. The summed E-state index contributed by atoms with van der Waals surface area (Å²) in [5.41, 5.74) is 0.939. The van der Waals surface area contributed by atoms with Crippen LogP contribution in [0.15, 0.2) is 34.9 Å². The van der Waals surface area contributed by atoms with Crippen LogP contribution in [0.3, 0.4) is 0 Å². The van der Waals surface area contributed by atoms with Crippen molar-refractivity contribution in [1.29, 1.82) is 0 Å². The number of hydrogen-bond acceptors (Lipinski definition) is 3. The third kappa shape index (κ3) is 3.05. The molecule has 19 heavy (non-hydrogen) atoms. The lowest BCUT2D eigenvalue weighted by molar-refractivity contribution is 0.102. The summed E-state index contributed by atoms with van der Waals surface area (Å²) in [5, 5.41) is 4.58. The van der Waals surface area contributed by atoms with E-state index in [1.807, 2.05) is 0 Å². The van der Waals surface area contributed by atoms with Crippen LogP contribution in [0.25, 0.3) is 0 Å². The topological polar surface area (TPSA) is 44.1 Å². The van der Waals surface area contributed by atoms with Crippen molar-refractivity contribution < 1.29 is 9.53 Å². The van der Waals surface area contributed by atoms with Crippen molar-refractivity contribution in [2.45, 2.75) is 6.54 Å². The van der Waals surface area contributed by atoms with Crippen LogP contribution < -0.4 is 0 Å². The summed E-state index contributed by atoms with van der Waals surface area (Å²) in [5.74, 6) is -0.161. The van der Waals surface area contributed by atoms with Crippen molar-refractivity contribution in [2.75, 3.05) is 13.7 Å². The fourth-order valence-electron chi connectivity index (χ4n) is 1.71. The molecular weight excluding hydrogens is 332 g/mol. The van der Waals surface area contributed by atoms with E-state index in [1.165, 1.54) is 0 Å². The predicted molar refractivity (Wildman–Crippen MR) is 76.7 cm³/mol. The number of nitrogens with zero attached hydrogens (tertiary/aromatic N) is 2. The van der Waals surface area contributed by atoms with Crippen molar-refractivity contribution in [1.82, 2.24) is 9.78 Å². The molecule has 0 aliphatic rings. The average molecular weight is 344 g/mol. The van der Waals surface area contributed by atoms with Crippen LogP contribution in [-0.4, -0.2) is 29.3 Å². The van der Waals surface area contributed by atoms with E-state index in [0.717, 1.165) is 0 Å². The Morgan fingerprint density at radius 2 is 2.21 bits per heavy atom. The number of carbonyl (C=O) groups excluding carboxylic acids is 1. The molecule has 0 unspecified atom stereocenters. The van der Waals surface area contributed by atoms with E-state index in [4.69, 9.17) is 16.3 Å². The van der Waals surface area contributed by atoms with Gasteiger partial charge in [0.25, 0.3) is 0 Å². The van der Waals surface area contributed by atoms with Gasteiger partial charge >= 0.3 is 0 Å². The Morgan fingerprint density at radius 3 is 2.89 bits per heavy atom. The zero-order valence-electron chi connectivity index (χ0n) is 10.3. The van der Waals surface area contributed by atoms with Crippen LogP contribution in [0.4, 0.5) is 0 Å². The largest absolute Gasteiger partial charge is 0.383 e. The third-order valence-corrected chi connectivity index (χ3v) is 3.55. The number of methoxy groups -OCH3 is 1. The van der Waals surface area contributed by atoms with E-state index in [-0.39, 0.29) is 5.78 Å². The minimum atomic E-state index is -0.161. The molecular formula is C13H12BrClN2O2. The molecule has 100 valence electrons. The second-order valence-electron chi connectivity index (χ2n) is 3.87. The first kappa shape index (κ1) is 14.2. The Bertz CT molecular complexity index is 598. The molecule has 0 fully saturated rings. The molecule has 6 heteroatoms. The molecule has 0 aliphatic carbocycles. The molecule has 1 aromatic heterocycles. The predicted octanol–water partition coefficient (Wildman–Crippen LogP) is 3.18. The Hall–Kier alpha value is -1.17. The van der Waals surface area contributed by atoms with Gasteiger partial charge in [-0.1, -0.05) is 23.7 Å². The Balaban J connectivity index is 2.39. The fourth-order valence-corrected chi connectivity index (χ4v) is 2.41. The summed E-state index contributed by atoms with van der Waals surface area (Å²) >= 11 is 9.40. The number of ether oxygens (including phenoxy) is 1. The molecule has 2 rings (SSSR count). The van der Waals surface area contributed by atoms with E-state index in [1.54, 1.807) is 42.3 Å². The molecule has 0 saturated carbocycles. The van der Waals surface area contributed by atoms with Crippen molar-refractivity contribution >= 4 is 33.3 Å². The summed E-state index contributed by atoms with van der Waals surface area (Å²) in [7, 11) is 1.61. The Kier molecular flexibility index (Phi) is 4.74. The van der Waals surface area contributed by atoms with Gasteiger partial charge in [-0.15, -0.1) is 0 Å². The number of rotatable bonds is 5. The smallest absolute Gasteiger partial charge is 0.213 e. The van der Waals surface area contributed by atoms with Crippen LogP contribution in [0.2, 0.25) is 5.02 Å². The molecule has 0 bridgehead atoms. The van der Waals surface area contributed by atoms with Crippen LogP contribution in [-0.2, 0) is 11.3 Å². The Morgan fingerprint density at radius 1 is 1.47 bits per heavy atom. The SMILES string of the molecule is COCCn1ncc(Br)c1C(=O)c1ccccc1Cl. The van der Waals surface area contributed by atoms with Gasteiger partial charge in [-0.05, 0) is 28.1 Å². The second kappa shape index (κ2) is 6.32. The van der Waals surface area contributed by atoms with E-state index in [2.05, 4.69) is 21.0 Å². The standard InChI is InChI=1S/C13H12BrClN2O2/c1-19-7-6-17-12(10(14)8-16-17)13(18)9-4-2-3-5-11(9)15/h2-5,8H,6-7H2,1H3. The van der Waals surface area contributed by atoms with Gasteiger partial charge in [0.15, 0.2) is 0 Å². The van der Waals surface area contributed by atoms with Gasteiger partial charge in [0.1, 0.15) is 5.69 Å². The molecule has 0 aliphatic heterocycles. The van der Waals surface area contributed by atoms with Crippen LogP contribution in [0.1, 0.15) is 16.1 Å². The number of ketones is 1. The zero-order chi connectivity index (χ0) is 13.8. The highest BCUT2D eigenvalue weighted by Crippen LogP contribution is 2.23. The van der Waals surface area contributed by atoms with Crippen molar-refractivity contribution in [3.63, 3.8) is 0 Å². The highest BCUT2D eigenvalue weighted by atomic mass is 79.9. The molecule has 0 atom stereocenters. The first-order valence-electron chi connectivity index (χ1n) is 5.64. The number of carbonyl (C=O) groups is 1. The first-order valence-corrected chi connectivity index (χ1v) is 6.81. The van der Waals surface area contributed by atoms with Crippen molar-refractivity contribution in [3.05, 3.63) is 51.2 Å². The molecule has 1 aromatic carbocycles. The lowest BCUT2D eigenvalue weighted by Gasteiger charge is -2.08. The highest BCUT2D eigenvalue weighted by Gasteiger charge is 2.20. The third-order valence-electron chi connectivity index (χ3n) is 2.64. The van der Waals surface area contributed by atoms with E-state index >= 15 is 0 Å². The van der Waals surface area contributed by atoms with Crippen molar-refractivity contribution in [2.24, 2.45) is 0 Å². The normalized spacial score (nSPS) is 10.7. The van der Waals surface area contributed by atoms with E-state index in [9.17, 15) is 4.79 Å². The maximum absolute atomic E-state index is 12.5. The zero-order valence-corrected chi connectivity index (χ0v) is 12.6. The molecule has 0 N–H and O–H groups in total. The minimum Gasteiger partial charge on any atom is -0.383 e. The van der Waals surface area contributed by atoms with E-state index in [0.29, 0.717) is 33.9 Å². The number of aromatic nitrogens is 2. The lowest BCUT2D eigenvalue weighted by atomic mass is 10.1. The second-order valence-corrected chi connectivity index (χ2v) is 5.13. The van der Waals surface area contributed by atoms with Gasteiger partial charge in [0.2, 0.25) is 5.78 Å². The quantitative estimate of drug-likeness (QED) is 0.783. The lowest BCUT2D eigenvalue weighted by Crippen LogP contribution is -2.15. The van der Waals surface area contributed by atoms with Gasteiger partial charge in [-0.2, -0.15) is 5.10 Å². The molecule has 0 radical (unpaired) electrons.